The molecule has 30 heavy (non-hydrogen) atoms. The number of hydrogen-bond acceptors (Lipinski definition) is 3. The molecule has 6 nitrogen and oxygen atoms in total. The first kappa shape index (κ1) is 21.2. The summed E-state index contributed by atoms with van der Waals surface area (Å²) in [6.45, 7) is 8.28. The first-order valence-electron chi connectivity index (χ1n) is 9.70. The summed E-state index contributed by atoms with van der Waals surface area (Å²) in [5.41, 5.74) is 6.14. The topological polar surface area (TPSA) is 71.3 Å². The number of aromatic nitrogens is 2. The van der Waals surface area contributed by atoms with Crippen LogP contribution >= 0.6 is 0 Å². The Balaban J connectivity index is 1.91. The second kappa shape index (κ2) is 8.90. The Morgan fingerprint density at radius 2 is 1.87 bits per heavy atom. The minimum atomic E-state index is -0.467. The van der Waals surface area contributed by atoms with Gasteiger partial charge in [-0.05, 0) is 63.1 Å². The lowest BCUT2D eigenvalue weighted by molar-refractivity contribution is 0.0976. The number of amides is 1. The molecule has 0 bridgehead atoms. The third-order valence-electron chi connectivity index (χ3n) is 5.23. The Kier molecular flexibility index (Phi) is 6.30. The van der Waals surface area contributed by atoms with Crippen molar-refractivity contribution < 1.29 is 9.18 Å². The molecular weight excluding hydrogens is 381 g/mol. The van der Waals surface area contributed by atoms with Gasteiger partial charge in [-0.25, -0.2) is 9.38 Å². The molecule has 1 heterocycles. The summed E-state index contributed by atoms with van der Waals surface area (Å²) in [5.74, 6) is -0.614. The van der Waals surface area contributed by atoms with Gasteiger partial charge in [-0.2, -0.15) is 5.10 Å². The Morgan fingerprint density at radius 1 is 1.13 bits per heavy atom. The molecule has 7 heteroatoms. The summed E-state index contributed by atoms with van der Waals surface area (Å²) >= 11 is 0. The van der Waals surface area contributed by atoms with Gasteiger partial charge in [0.1, 0.15) is 5.82 Å². The molecule has 0 radical (unpaired) electrons. The average Bonchev–Trinajstić information content (AvgIpc) is 2.95. The van der Waals surface area contributed by atoms with Crippen LogP contribution in [-0.2, 0) is 13.6 Å². The molecule has 1 amide bonds. The molecule has 0 spiro atoms. The largest absolute Gasteiger partial charge is 0.326 e. The fraction of sp³-hybridized carbons (Fsp3) is 0.261. The average molecular weight is 407 g/mol. The normalized spacial score (nSPS) is 11.5. The van der Waals surface area contributed by atoms with Gasteiger partial charge in [0.2, 0.25) is 5.96 Å². The maximum atomic E-state index is 13.5. The van der Waals surface area contributed by atoms with Crippen molar-refractivity contribution >= 4 is 17.6 Å². The van der Waals surface area contributed by atoms with Gasteiger partial charge in [0.25, 0.3) is 5.91 Å². The number of carbonyl (C=O) groups is 1. The number of carbonyl (C=O) groups excluding carboxylic acids is 1. The maximum Gasteiger partial charge on any atom is 0.258 e. The minimum Gasteiger partial charge on any atom is -0.326 e. The fourth-order valence-corrected chi connectivity index (χ4v) is 3.14. The van der Waals surface area contributed by atoms with Crippen LogP contribution in [0, 0.1) is 33.5 Å². The highest BCUT2D eigenvalue weighted by molar-refractivity contribution is 6.10. The number of benzene rings is 2. The summed E-state index contributed by atoms with van der Waals surface area (Å²) in [6.07, 6.45) is 0. The van der Waals surface area contributed by atoms with Crippen LogP contribution < -0.4 is 10.6 Å². The van der Waals surface area contributed by atoms with Crippen LogP contribution in [0.1, 0.15) is 38.4 Å². The predicted molar refractivity (Wildman–Crippen MR) is 117 cm³/mol. The van der Waals surface area contributed by atoms with E-state index in [9.17, 15) is 9.18 Å². The number of hydrogen-bond donors (Lipinski definition) is 2. The molecule has 1 aromatic heterocycles. The van der Waals surface area contributed by atoms with Crippen molar-refractivity contribution in [2.75, 3.05) is 5.32 Å². The molecule has 0 saturated heterocycles. The standard InChI is InChI=1S/C23H26FN5O/c1-14-8-6-11-21(15(14)2)26-23(25-13-20-16(3)28-29(5)17(20)4)27-22(30)18-9-7-10-19(24)12-18/h6-12H,13H2,1-5H3,(H2,25,26,27,30). The molecule has 3 rings (SSSR count). The Hall–Kier alpha value is -3.48. The summed E-state index contributed by atoms with van der Waals surface area (Å²) in [4.78, 5) is 17.3. The first-order valence-corrected chi connectivity index (χ1v) is 9.70. The number of halogens is 1. The van der Waals surface area contributed by atoms with E-state index in [4.69, 9.17) is 0 Å². The van der Waals surface area contributed by atoms with Crippen LogP contribution in [0.5, 0.6) is 0 Å². The zero-order valence-corrected chi connectivity index (χ0v) is 17.9. The number of nitrogens with zero attached hydrogens (tertiary/aromatic N) is 3. The molecule has 0 unspecified atom stereocenters. The molecule has 0 aliphatic heterocycles. The Morgan fingerprint density at radius 3 is 2.53 bits per heavy atom. The lowest BCUT2D eigenvalue weighted by Gasteiger charge is -2.15. The van der Waals surface area contributed by atoms with Crippen molar-refractivity contribution in [3.05, 3.63) is 81.9 Å². The Labute approximate surface area is 175 Å². The highest BCUT2D eigenvalue weighted by Crippen LogP contribution is 2.18. The van der Waals surface area contributed by atoms with Gasteiger partial charge in [0.15, 0.2) is 0 Å². The molecule has 0 aliphatic carbocycles. The number of guanidine groups is 1. The van der Waals surface area contributed by atoms with Crippen LogP contribution in [0.3, 0.4) is 0 Å². The quantitative estimate of drug-likeness (QED) is 0.503. The first-order chi connectivity index (χ1) is 14.3. The summed E-state index contributed by atoms with van der Waals surface area (Å²) in [5, 5.41) is 10.4. The van der Waals surface area contributed by atoms with Crippen molar-refractivity contribution in [2.45, 2.75) is 34.2 Å². The SMILES string of the molecule is Cc1cccc(NC(=NCc2c(C)nn(C)c2C)NC(=O)c2cccc(F)c2)c1C. The van der Waals surface area contributed by atoms with Gasteiger partial charge in [0.05, 0.1) is 12.2 Å². The van der Waals surface area contributed by atoms with E-state index in [1.807, 2.05) is 57.6 Å². The van der Waals surface area contributed by atoms with Gasteiger partial charge in [-0.15, -0.1) is 0 Å². The molecule has 0 atom stereocenters. The van der Waals surface area contributed by atoms with E-state index in [1.165, 1.54) is 18.2 Å². The van der Waals surface area contributed by atoms with Crippen molar-refractivity contribution in [1.29, 1.82) is 0 Å². The van der Waals surface area contributed by atoms with Gasteiger partial charge >= 0.3 is 0 Å². The second-order valence-corrected chi connectivity index (χ2v) is 7.27. The summed E-state index contributed by atoms with van der Waals surface area (Å²) in [7, 11) is 1.89. The van der Waals surface area contributed by atoms with Crippen LogP contribution in [0.2, 0.25) is 0 Å². The van der Waals surface area contributed by atoms with Crippen molar-refractivity contribution in [2.24, 2.45) is 12.0 Å². The lowest BCUT2D eigenvalue weighted by Crippen LogP contribution is -2.36. The van der Waals surface area contributed by atoms with Crippen LogP contribution in [0.4, 0.5) is 10.1 Å². The number of rotatable bonds is 4. The monoisotopic (exact) mass is 407 g/mol. The maximum absolute atomic E-state index is 13.5. The number of aliphatic imine (C=N–C) groups is 1. The number of nitrogens with one attached hydrogen (secondary N) is 2. The highest BCUT2D eigenvalue weighted by atomic mass is 19.1. The van der Waals surface area contributed by atoms with Gasteiger partial charge < -0.3 is 5.32 Å². The van der Waals surface area contributed by atoms with Gasteiger partial charge in [-0.3, -0.25) is 14.8 Å². The van der Waals surface area contributed by atoms with Crippen molar-refractivity contribution in [3.63, 3.8) is 0 Å². The second-order valence-electron chi connectivity index (χ2n) is 7.27. The van der Waals surface area contributed by atoms with Gasteiger partial charge in [-0.1, -0.05) is 18.2 Å². The summed E-state index contributed by atoms with van der Waals surface area (Å²) < 4.78 is 15.3. The van der Waals surface area contributed by atoms with E-state index in [1.54, 1.807) is 6.07 Å². The third-order valence-corrected chi connectivity index (χ3v) is 5.23. The smallest absolute Gasteiger partial charge is 0.258 e. The van der Waals surface area contributed by atoms with Crippen LogP contribution in [0.25, 0.3) is 0 Å². The Bertz CT molecular complexity index is 1120. The molecule has 2 N–H and O–H groups in total. The molecule has 2 aromatic carbocycles. The summed E-state index contributed by atoms with van der Waals surface area (Å²) in [6, 6.07) is 11.4. The fourth-order valence-electron chi connectivity index (χ4n) is 3.14. The molecule has 0 aliphatic rings. The number of aryl methyl sites for hydroxylation is 3. The molecule has 156 valence electrons. The van der Waals surface area contributed by atoms with E-state index in [2.05, 4.69) is 20.7 Å². The van der Waals surface area contributed by atoms with Crippen LogP contribution in [-0.4, -0.2) is 21.6 Å². The predicted octanol–water partition coefficient (Wildman–Crippen LogP) is 4.19. The van der Waals surface area contributed by atoms with Crippen molar-refractivity contribution in [3.8, 4) is 0 Å². The molecular formula is C23H26FN5O. The van der Waals surface area contributed by atoms with E-state index in [-0.39, 0.29) is 5.56 Å². The third kappa shape index (κ3) is 4.74. The van der Waals surface area contributed by atoms with Crippen molar-refractivity contribution in [1.82, 2.24) is 15.1 Å². The van der Waals surface area contributed by atoms with Crippen LogP contribution in [0.15, 0.2) is 47.5 Å². The minimum absolute atomic E-state index is 0.221. The highest BCUT2D eigenvalue weighted by Gasteiger charge is 2.13. The van der Waals surface area contributed by atoms with E-state index >= 15 is 0 Å². The zero-order valence-electron chi connectivity index (χ0n) is 17.9. The molecule has 0 saturated carbocycles. The van der Waals surface area contributed by atoms with E-state index in [0.29, 0.717) is 12.5 Å². The zero-order chi connectivity index (χ0) is 21.8. The molecule has 0 fully saturated rings. The lowest BCUT2D eigenvalue weighted by atomic mass is 10.1. The van der Waals surface area contributed by atoms with E-state index < -0.39 is 11.7 Å². The van der Waals surface area contributed by atoms with E-state index in [0.717, 1.165) is 33.8 Å². The number of anilines is 1. The molecule has 3 aromatic rings. The van der Waals surface area contributed by atoms with Gasteiger partial charge in [0, 0.05) is 29.6 Å².